The van der Waals surface area contributed by atoms with Gasteiger partial charge in [0.1, 0.15) is 0 Å². The molecule has 0 aliphatic heterocycles. The molecule has 0 amide bonds. The molecule has 0 aromatic carbocycles. The van der Waals surface area contributed by atoms with Crippen molar-refractivity contribution in [2.75, 3.05) is 24.6 Å². The summed E-state index contributed by atoms with van der Waals surface area (Å²) < 4.78 is 0. The second-order valence-corrected chi connectivity index (χ2v) is 10.2. The van der Waals surface area contributed by atoms with Gasteiger partial charge in [0.05, 0.1) is 24.6 Å². The van der Waals surface area contributed by atoms with Gasteiger partial charge in [0, 0.05) is 7.26 Å². The van der Waals surface area contributed by atoms with Crippen LogP contribution in [-0.4, -0.2) is 24.6 Å². The van der Waals surface area contributed by atoms with Crippen LogP contribution >= 0.6 is 7.26 Å². The molecular formula is C15H34P+. The number of hydrogen-bond donors (Lipinski definition) is 0. The van der Waals surface area contributed by atoms with E-state index < -0.39 is 7.26 Å². The third-order valence-corrected chi connectivity index (χ3v) is 9.54. The standard InChI is InChI=1S/C15H34P/c1-5-9-10-11-12-13-14-15-16(6-2,7-3)8-4/h5-15H2,1-4H3/q+1. The summed E-state index contributed by atoms with van der Waals surface area (Å²) in [6.07, 6.45) is 16.3. The molecule has 0 spiro atoms. The molecule has 0 radical (unpaired) electrons. The van der Waals surface area contributed by atoms with Crippen molar-refractivity contribution in [2.24, 2.45) is 0 Å². The Labute approximate surface area is 105 Å². The molecule has 1 heteroatoms. The molecule has 0 saturated heterocycles. The van der Waals surface area contributed by atoms with Gasteiger partial charge < -0.3 is 0 Å². The zero-order valence-electron chi connectivity index (χ0n) is 12.2. The SMILES string of the molecule is CCCCCCCCC[P+](CC)(CC)CC. The van der Waals surface area contributed by atoms with Gasteiger partial charge in [-0.05, 0) is 33.6 Å². The zero-order chi connectivity index (χ0) is 12.3. The molecule has 0 aromatic rings. The summed E-state index contributed by atoms with van der Waals surface area (Å²) in [7, 11) is -0.500. The fraction of sp³-hybridized carbons (Fsp3) is 1.00. The van der Waals surface area contributed by atoms with Crippen molar-refractivity contribution in [3.8, 4) is 0 Å². The van der Waals surface area contributed by atoms with Crippen LogP contribution < -0.4 is 0 Å². The molecule has 0 fully saturated rings. The molecule has 0 nitrogen and oxygen atoms in total. The number of unbranched alkanes of at least 4 members (excludes halogenated alkanes) is 6. The maximum absolute atomic E-state index is 2.42. The van der Waals surface area contributed by atoms with Gasteiger partial charge in [0.15, 0.2) is 0 Å². The summed E-state index contributed by atoms with van der Waals surface area (Å²) in [5.74, 6) is 0. The normalized spacial score (nSPS) is 12.0. The van der Waals surface area contributed by atoms with Crippen LogP contribution in [0.3, 0.4) is 0 Å². The molecule has 0 atom stereocenters. The molecule has 0 aliphatic rings. The lowest BCUT2D eigenvalue weighted by Crippen LogP contribution is -2.07. The van der Waals surface area contributed by atoms with Gasteiger partial charge in [0.2, 0.25) is 0 Å². The Hall–Kier alpha value is 0.430. The average Bonchev–Trinajstić information content (AvgIpc) is 2.34. The molecule has 0 aliphatic carbocycles. The molecule has 16 heavy (non-hydrogen) atoms. The zero-order valence-corrected chi connectivity index (χ0v) is 13.1. The molecule has 0 N–H and O–H groups in total. The van der Waals surface area contributed by atoms with Crippen LogP contribution in [0.5, 0.6) is 0 Å². The van der Waals surface area contributed by atoms with Crippen molar-refractivity contribution in [1.29, 1.82) is 0 Å². The van der Waals surface area contributed by atoms with Gasteiger partial charge in [-0.15, -0.1) is 0 Å². The van der Waals surface area contributed by atoms with Crippen molar-refractivity contribution in [3.63, 3.8) is 0 Å². The highest BCUT2D eigenvalue weighted by atomic mass is 31.2. The Kier molecular flexibility index (Phi) is 10.9. The molecule has 0 unspecified atom stereocenters. The van der Waals surface area contributed by atoms with E-state index in [2.05, 4.69) is 27.7 Å². The fourth-order valence-corrected chi connectivity index (χ4v) is 5.73. The molecule has 0 aromatic heterocycles. The van der Waals surface area contributed by atoms with Crippen LogP contribution in [0.1, 0.15) is 72.6 Å². The van der Waals surface area contributed by atoms with E-state index in [4.69, 9.17) is 0 Å². The van der Waals surface area contributed by atoms with Crippen LogP contribution in [0.15, 0.2) is 0 Å². The Balaban J connectivity index is 3.48. The highest BCUT2D eigenvalue weighted by Gasteiger charge is 2.29. The van der Waals surface area contributed by atoms with Crippen LogP contribution in [0.25, 0.3) is 0 Å². The first-order valence-corrected chi connectivity index (χ1v) is 10.1. The molecule has 0 heterocycles. The first-order chi connectivity index (χ1) is 7.74. The second-order valence-electron chi connectivity index (χ2n) is 5.14. The topological polar surface area (TPSA) is 0 Å². The van der Waals surface area contributed by atoms with E-state index in [9.17, 15) is 0 Å². The maximum Gasteiger partial charge on any atom is 0.0594 e. The fourth-order valence-electron chi connectivity index (χ4n) is 2.55. The van der Waals surface area contributed by atoms with Crippen molar-refractivity contribution in [3.05, 3.63) is 0 Å². The second kappa shape index (κ2) is 10.6. The summed E-state index contributed by atoms with van der Waals surface area (Å²) in [4.78, 5) is 0. The minimum absolute atomic E-state index is 0.500. The Morgan fingerprint density at radius 2 is 1.00 bits per heavy atom. The van der Waals surface area contributed by atoms with E-state index in [-0.39, 0.29) is 0 Å². The molecule has 0 saturated carbocycles. The van der Waals surface area contributed by atoms with Gasteiger partial charge in [-0.2, -0.15) is 0 Å². The monoisotopic (exact) mass is 245 g/mol. The largest absolute Gasteiger partial charge is 0.0654 e. The summed E-state index contributed by atoms with van der Waals surface area (Å²) in [5.41, 5.74) is 0. The highest BCUT2D eigenvalue weighted by molar-refractivity contribution is 7.75. The van der Waals surface area contributed by atoms with E-state index in [1.807, 2.05) is 0 Å². The van der Waals surface area contributed by atoms with Crippen LogP contribution in [-0.2, 0) is 0 Å². The van der Waals surface area contributed by atoms with Gasteiger partial charge in [-0.3, -0.25) is 0 Å². The Morgan fingerprint density at radius 1 is 0.562 bits per heavy atom. The molecule has 0 bridgehead atoms. The summed E-state index contributed by atoms with van der Waals surface area (Å²) in [6.45, 7) is 9.55. The van der Waals surface area contributed by atoms with Crippen molar-refractivity contribution < 1.29 is 0 Å². The van der Waals surface area contributed by atoms with Crippen LogP contribution in [0, 0.1) is 0 Å². The lowest BCUT2D eigenvalue weighted by Gasteiger charge is -2.23. The van der Waals surface area contributed by atoms with E-state index in [1.54, 1.807) is 6.16 Å². The van der Waals surface area contributed by atoms with Crippen molar-refractivity contribution in [1.82, 2.24) is 0 Å². The quantitative estimate of drug-likeness (QED) is 0.318. The van der Waals surface area contributed by atoms with E-state index in [1.165, 1.54) is 63.4 Å². The third-order valence-electron chi connectivity index (χ3n) is 4.25. The first-order valence-electron chi connectivity index (χ1n) is 7.59. The van der Waals surface area contributed by atoms with Crippen molar-refractivity contribution >= 4 is 7.26 Å². The number of rotatable bonds is 11. The average molecular weight is 245 g/mol. The molecule has 0 rings (SSSR count). The molecular weight excluding hydrogens is 211 g/mol. The van der Waals surface area contributed by atoms with E-state index in [0.29, 0.717) is 0 Å². The predicted octanol–water partition coefficient (Wildman–Crippen LogP) is 5.81. The van der Waals surface area contributed by atoms with Crippen molar-refractivity contribution in [2.45, 2.75) is 72.6 Å². The Bertz CT molecular complexity index is 130. The van der Waals surface area contributed by atoms with Gasteiger partial charge in [-0.25, -0.2) is 0 Å². The van der Waals surface area contributed by atoms with Crippen LogP contribution in [0.2, 0.25) is 0 Å². The van der Waals surface area contributed by atoms with Gasteiger partial charge in [0.25, 0.3) is 0 Å². The summed E-state index contributed by atoms with van der Waals surface area (Å²) >= 11 is 0. The van der Waals surface area contributed by atoms with E-state index in [0.717, 1.165) is 0 Å². The lowest BCUT2D eigenvalue weighted by atomic mass is 10.1. The summed E-state index contributed by atoms with van der Waals surface area (Å²) in [6, 6.07) is 0. The smallest absolute Gasteiger partial charge is 0.0594 e. The lowest BCUT2D eigenvalue weighted by molar-refractivity contribution is 0.602. The maximum atomic E-state index is 2.42. The molecule has 98 valence electrons. The minimum atomic E-state index is -0.500. The Morgan fingerprint density at radius 3 is 1.44 bits per heavy atom. The predicted molar refractivity (Wildman–Crippen MR) is 81.4 cm³/mol. The van der Waals surface area contributed by atoms with Crippen LogP contribution in [0.4, 0.5) is 0 Å². The minimum Gasteiger partial charge on any atom is -0.0654 e. The summed E-state index contributed by atoms with van der Waals surface area (Å²) in [5, 5.41) is 0. The van der Waals surface area contributed by atoms with Gasteiger partial charge >= 0.3 is 0 Å². The highest BCUT2D eigenvalue weighted by Crippen LogP contribution is 2.58. The van der Waals surface area contributed by atoms with Gasteiger partial charge in [-0.1, -0.05) is 39.0 Å². The third kappa shape index (κ3) is 6.89. The van der Waals surface area contributed by atoms with E-state index >= 15 is 0 Å². The number of hydrogen-bond acceptors (Lipinski definition) is 0. The first kappa shape index (κ1) is 16.4.